The molecule has 0 amide bonds. The lowest BCUT2D eigenvalue weighted by Gasteiger charge is -2.31. The molecule has 0 saturated heterocycles. The zero-order chi connectivity index (χ0) is 18.2. The molecule has 0 spiro atoms. The van der Waals surface area contributed by atoms with Gasteiger partial charge in [-0.2, -0.15) is 0 Å². The van der Waals surface area contributed by atoms with Gasteiger partial charge in [0.05, 0.1) is 17.4 Å². The Morgan fingerprint density at radius 3 is 2.93 bits per heavy atom. The molecule has 144 valence electrons. The van der Waals surface area contributed by atoms with Crippen LogP contribution >= 0.6 is 0 Å². The second-order valence-corrected chi connectivity index (χ2v) is 8.24. The number of hydrogen-bond donors (Lipinski definition) is 4. The number of Topliss-reactive ketones (excluding diaryl/α,β-unsaturated/α-hetero) is 1. The number of nitrogens with one attached hydrogen (secondary N) is 4. The van der Waals surface area contributed by atoms with E-state index in [1.165, 1.54) is 43.5 Å². The molecule has 2 aliphatic carbocycles. The number of ketones is 1. The van der Waals surface area contributed by atoms with Gasteiger partial charge in [-0.25, -0.2) is 10.0 Å². The van der Waals surface area contributed by atoms with Gasteiger partial charge in [-0.05, 0) is 57.1 Å². The summed E-state index contributed by atoms with van der Waals surface area (Å²) in [6.45, 7) is 0.988. The molecule has 1 aromatic heterocycles. The highest BCUT2D eigenvalue weighted by atomic mass is 16.1. The average Bonchev–Trinajstić information content (AvgIpc) is 3.34. The van der Waals surface area contributed by atoms with Gasteiger partial charge in [-0.3, -0.25) is 4.79 Å². The number of hydrazine groups is 2. The first kappa shape index (κ1) is 17.0. The van der Waals surface area contributed by atoms with Crippen molar-refractivity contribution in [3.63, 3.8) is 0 Å². The van der Waals surface area contributed by atoms with Crippen molar-refractivity contribution in [3.8, 4) is 0 Å². The predicted molar refractivity (Wildman–Crippen MR) is 105 cm³/mol. The van der Waals surface area contributed by atoms with Crippen LogP contribution in [0.1, 0.15) is 56.9 Å². The number of fused-ring (bicyclic) bond motifs is 3. The number of H-pyrrole nitrogens is 1. The highest BCUT2D eigenvalue weighted by molar-refractivity contribution is 5.88. The first-order valence-corrected chi connectivity index (χ1v) is 10.3. The predicted octanol–water partition coefficient (Wildman–Crippen LogP) is 2.59. The van der Waals surface area contributed by atoms with Gasteiger partial charge >= 0.3 is 0 Å². The summed E-state index contributed by atoms with van der Waals surface area (Å²) in [5.74, 6) is 2.57. The second-order valence-electron chi connectivity index (χ2n) is 8.24. The van der Waals surface area contributed by atoms with Gasteiger partial charge < -0.3 is 15.7 Å². The van der Waals surface area contributed by atoms with Gasteiger partial charge in [-0.15, -0.1) is 5.53 Å². The van der Waals surface area contributed by atoms with Crippen LogP contribution < -0.4 is 16.3 Å². The summed E-state index contributed by atoms with van der Waals surface area (Å²) in [7, 11) is 0. The normalized spacial score (nSPS) is 30.3. The summed E-state index contributed by atoms with van der Waals surface area (Å²) < 4.78 is 0. The molecule has 1 atom stereocenters. The van der Waals surface area contributed by atoms with Crippen molar-refractivity contribution in [2.24, 2.45) is 16.8 Å². The highest BCUT2D eigenvalue weighted by Gasteiger charge is 2.34. The Balaban J connectivity index is 1.21. The molecule has 7 nitrogen and oxygen atoms in total. The molecule has 27 heavy (non-hydrogen) atoms. The Hall–Kier alpha value is -2.12. The fraction of sp³-hybridized carbons (Fsp3) is 0.600. The maximum Gasteiger partial charge on any atom is 0.149 e. The SMILES string of the molecule is O=C1CCCCC1NCC1CCC(C2=C3c4cc[nH]c4N=CN3NN2)CC1. The van der Waals surface area contributed by atoms with Crippen molar-refractivity contribution in [2.45, 2.75) is 57.4 Å². The Morgan fingerprint density at radius 2 is 2.07 bits per heavy atom. The Kier molecular flexibility index (Phi) is 4.49. The molecule has 7 heteroatoms. The van der Waals surface area contributed by atoms with Gasteiger partial charge in [0, 0.05) is 24.1 Å². The Bertz CT molecular complexity index is 773. The smallest absolute Gasteiger partial charge is 0.149 e. The van der Waals surface area contributed by atoms with Gasteiger partial charge in [0.1, 0.15) is 17.9 Å². The number of carbonyl (C=O) groups is 1. The quantitative estimate of drug-likeness (QED) is 0.656. The van der Waals surface area contributed by atoms with Gasteiger partial charge in [-0.1, -0.05) is 6.42 Å². The molecule has 0 radical (unpaired) electrons. The van der Waals surface area contributed by atoms with Crippen LogP contribution in [0.5, 0.6) is 0 Å². The molecule has 5 rings (SSSR count). The van der Waals surface area contributed by atoms with Crippen LogP contribution in [0.4, 0.5) is 5.82 Å². The van der Waals surface area contributed by atoms with Crippen LogP contribution in [0, 0.1) is 11.8 Å². The molecule has 2 fully saturated rings. The maximum atomic E-state index is 12.0. The minimum atomic E-state index is 0.115. The summed E-state index contributed by atoms with van der Waals surface area (Å²) >= 11 is 0. The van der Waals surface area contributed by atoms with Crippen molar-refractivity contribution in [1.29, 1.82) is 0 Å². The van der Waals surface area contributed by atoms with Crippen LogP contribution in [0.2, 0.25) is 0 Å². The van der Waals surface area contributed by atoms with E-state index >= 15 is 0 Å². The van der Waals surface area contributed by atoms with E-state index in [1.807, 2.05) is 17.5 Å². The summed E-state index contributed by atoms with van der Waals surface area (Å²) in [5.41, 5.74) is 10.3. The topological polar surface area (TPSA) is 84.5 Å². The van der Waals surface area contributed by atoms with Crippen LogP contribution in [0.3, 0.4) is 0 Å². The lowest BCUT2D eigenvalue weighted by Crippen LogP contribution is -2.42. The maximum absolute atomic E-state index is 12.0. The molecular weight excluding hydrogens is 340 g/mol. The van der Waals surface area contributed by atoms with Crippen molar-refractivity contribution in [1.82, 2.24) is 26.3 Å². The van der Waals surface area contributed by atoms with E-state index in [2.05, 4.69) is 32.3 Å². The number of aliphatic imine (C=N–C) groups is 1. The summed E-state index contributed by atoms with van der Waals surface area (Å²) in [6.07, 6.45) is 12.6. The minimum absolute atomic E-state index is 0.115. The monoisotopic (exact) mass is 368 g/mol. The summed E-state index contributed by atoms with van der Waals surface area (Å²) in [5, 5.41) is 5.54. The number of allylic oxidation sites excluding steroid dienone is 1. The largest absolute Gasteiger partial charge is 0.346 e. The summed E-state index contributed by atoms with van der Waals surface area (Å²) in [4.78, 5) is 19.6. The van der Waals surface area contributed by atoms with Crippen molar-refractivity contribution >= 4 is 23.6 Å². The molecule has 0 aromatic carbocycles. The van der Waals surface area contributed by atoms with E-state index in [1.54, 1.807) is 0 Å². The van der Waals surface area contributed by atoms with Crippen LogP contribution in [-0.4, -0.2) is 34.7 Å². The first-order valence-electron chi connectivity index (χ1n) is 10.3. The molecular formula is C20H28N6O. The van der Waals surface area contributed by atoms with Crippen LogP contribution in [0.25, 0.3) is 5.70 Å². The molecule has 1 aromatic rings. The molecule has 4 aliphatic rings. The van der Waals surface area contributed by atoms with E-state index in [-0.39, 0.29) is 6.04 Å². The van der Waals surface area contributed by atoms with E-state index < -0.39 is 0 Å². The summed E-state index contributed by atoms with van der Waals surface area (Å²) in [6, 6.07) is 2.21. The zero-order valence-electron chi connectivity index (χ0n) is 15.6. The number of nitrogens with zero attached hydrogens (tertiary/aromatic N) is 2. The minimum Gasteiger partial charge on any atom is -0.346 e. The fourth-order valence-electron chi connectivity index (χ4n) is 4.96. The van der Waals surface area contributed by atoms with E-state index in [9.17, 15) is 4.79 Å². The van der Waals surface area contributed by atoms with Gasteiger partial charge in [0.15, 0.2) is 0 Å². The van der Waals surface area contributed by atoms with Crippen molar-refractivity contribution in [3.05, 3.63) is 23.5 Å². The third-order valence-electron chi connectivity index (χ3n) is 6.55. The second kappa shape index (κ2) is 7.13. The number of carbonyl (C=O) groups excluding carboxylic acids is 1. The molecule has 4 N–H and O–H groups in total. The van der Waals surface area contributed by atoms with Crippen molar-refractivity contribution < 1.29 is 4.79 Å². The van der Waals surface area contributed by atoms with Gasteiger partial charge in [0.25, 0.3) is 0 Å². The van der Waals surface area contributed by atoms with Crippen molar-refractivity contribution in [2.75, 3.05) is 6.54 Å². The molecule has 3 heterocycles. The van der Waals surface area contributed by atoms with Gasteiger partial charge in [0.2, 0.25) is 0 Å². The van der Waals surface area contributed by atoms with E-state index in [0.29, 0.717) is 17.6 Å². The third-order valence-corrected chi connectivity index (χ3v) is 6.55. The zero-order valence-corrected chi connectivity index (χ0v) is 15.6. The molecule has 1 unspecified atom stereocenters. The molecule has 2 aliphatic heterocycles. The lowest BCUT2D eigenvalue weighted by atomic mass is 9.79. The average molecular weight is 368 g/mol. The van der Waals surface area contributed by atoms with E-state index in [4.69, 9.17) is 0 Å². The van der Waals surface area contributed by atoms with E-state index in [0.717, 1.165) is 37.2 Å². The lowest BCUT2D eigenvalue weighted by molar-refractivity contribution is -0.122. The van der Waals surface area contributed by atoms with Crippen LogP contribution in [0.15, 0.2) is 23.0 Å². The molecule has 0 bridgehead atoms. The first-order chi connectivity index (χ1) is 13.3. The third kappa shape index (κ3) is 3.19. The fourth-order valence-corrected chi connectivity index (χ4v) is 4.96. The Labute approximate surface area is 159 Å². The number of hydrogen-bond acceptors (Lipinski definition) is 6. The number of aromatic nitrogens is 1. The van der Waals surface area contributed by atoms with Crippen LogP contribution in [-0.2, 0) is 4.79 Å². The molecule has 2 saturated carbocycles. The number of aromatic amines is 1. The Morgan fingerprint density at radius 1 is 1.19 bits per heavy atom. The standard InChI is InChI=1S/C20H28N6O/c27-17-4-2-1-3-16(17)22-11-13-5-7-14(8-6-13)18-19-15-9-10-21-20(15)23-12-26(19)25-24-18/h9-10,12-14,16,21-22,24-25H,1-8,11H2. The highest BCUT2D eigenvalue weighted by Crippen LogP contribution is 2.40. The number of rotatable bonds is 4.